The first kappa shape index (κ1) is 20.2. The van der Waals surface area contributed by atoms with E-state index in [0.717, 1.165) is 10.6 Å². The molecule has 1 aromatic heterocycles. The molecule has 0 aliphatic rings. The van der Waals surface area contributed by atoms with Crippen molar-refractivity contribution in [3.63, 3.8) is 0 Å². The summed E-state index contributed by atoms with van der Waals surface area (Å²) in [5.74, 6) is -0.164. The Bertz CT molecular complexity index is 1070. The third kappa shape index (κ3) is 5.03. The van der Waals surface area contributed by atoms with E-state index < -0.39 is 10.0 Å². The van der Waals surface area contributed by atoms with Gasteiger partial charge in [-0.2, -0.15) is 0 Å². The van der Waals surface area contributed by atoms with E-state index in [9.17, 15) is 13.2 Å². The van der Waals surface area contributed by atoms with E-state index in [0.29, 0.717) is 11.3 Å². The molecule has 3 aromatic rings. The van der Waals surface area contributed by atoms with Crippen LogP contribution in [0.25, 0.3) is 10.6 Å². The summed E-state index contributed by atoms with van der Waals surface area (Å²) in [6.45, 7) is 2.28. The molecule has 0 fully saturated rings. The average Bonchev–Trinajstić information content (AvgIpc) is 3.15. The van der Waals surface area contributed by atoms with Gasteiger partial charge in [0.1, 0.15) is 5.01 Å². The van der Waals surface area contributed by atoms with Gasteiger partial charge in [-0.25, -0.2) is 18.1 Å². The fourth-order valence-corrected chi connectivity index (χ4v) is 4.21. The Kier molecular flexibility index (Phi) is 6.23. The molecule has 28 heavy (non-hydrogen) atoms. The fraction of sp³-hybridized carbons (Fsp3) is 0.200. The number of carbonyl (C=O) groups excluding carboxylic acids is 1. The van der Waals surface area contributed by atoms with Crippen LogP contribution in [0.1, 0.15) is 16.8 Å². The lowest BCUT2D eigenvalue weighted by molar-refractivity contribution is -0.120. The number of hydrogen-bond acceptors (Lipinski definition) is 5. The summed E-state index contributed by atoms with van der Waals surface area (Å²) < 4.78 is 26.0. The van der Waals surface area contributed by atoms with Crippen LogP contribution in [0.2, 0.25) is 0 Å². The van der Waals surface area contributed by atoms with Crippen molar-refractivity contribution in [2.45, 2.75) is 24.8 Å². The number of hydrogen-bond donors (Lipinski definition) is 2. The smallest absolute Gasteiger partial charge is 0.240 e. The van der Waals surface area contributed by atoms with Crippen LogP contribution in [0.5, 0.6) is 0 Å². The van der Waals surface area contributed by atoms with Gasteiger partial charge in [0.25, 0.3) is 0 Å². The van der Waals surface area contributed by atoms with Crippen molar-refractivity contribution >= 4 is 27.3 Å². The summed E-state index contributed by atoms with van der Waals surface area (Å²) in [6, 6.07) is 14.6. The van der Waals surface area contributed by atoms with Gasteiger partial charge < -0.3 is 5.32 Å². The molecule has 2 aromatic carbocycles. The molecule has 0 aliphatic heterocycles. The second-order valence-corrected chi connectivity index (χ2v) is 9.06. The summed E-state index contributed by atoms with van der Waals surface area (Å²) in [6.07, 6.45) is 0.177. The first-order valence-electron chi connectivity index (χ1n) is 8.68. The summed E-state index contributed by atoms with van der Waals surface area (Å²) in [4.78, 5) is 16.9. The van der Waals surface area contributed by atoms with Crippen molar-refractivity contribution < 1.29 is 13.2 Å². The molecule has 0 atom stereocenters. The lowest BCUT2D eigenvalue weighted by Crippen LogP contribution is -2.25. The van der Waals surface area contributed by atoms with Gasteiger partial charge in [-0.15, -0.1) is 11.3 Å². The van der Waals surface area contributed by atoms with Gasteiger partial charge in [0.05, 0.1) is 17.0 Å². The van der Waals surface area contributed by atoms with Gasteiger partial charge in [-0.1, -0.05) is 42.0 Å². The molecule has 0 spiro atoms. The fourth-order valence-electron chi connectivity index (χ4n) is 2.58. The topological polar surface area (TPSA) is 88.2 Å². The van der Waals surface area contributed by atoms with E-state index in [1.54, 1.807) is 18.2 Å². The normalized spacial score (nSPS) is 11.4. The van der Waals surface area contributed by atoms with Crippen LogP contribution in [-0.2, 0) is 27.8 Å². The number of carbonyl (C=O) groups is 1. The highest BCUT2D eigenvalue weighted by Gasteiger charge is 2.12. The highest BCUT2D eigenvalue weighted by atomic mass is 32.2. The molecule has 8 heteroatoms. The summed E-state index contributed by atoms with van der Waals surface area (Å²) in [5, 5.41) is 5.58. The van der Waals surface area contributed by atoms with Crippen LogP contribution in [0.3, 0.4) is 0 Å². The maximum atomic E-state index is 12.2. The highest BCUT2D eigenvalue weighted by molar-refractivity contribution is 7.89. The second-order valence-electron chi connectivity index (χ2n) is 6.32. The quantitative estimate of drug-likeness (QED) is 0.621. The number of amides is 1. The second kappa shape index (κ2) is 8.64. The van der Waals surface area contributed by atoms with Crippen LogP contribution >= 0.6 is 11.3 Å². The number of aromatic nitrogens is 1. The zero-order valence-corrected chi connectivity index (χ0v) is 17.2. The molecule has 6 nitrogen and oxygen atoms in total. The number of rotatable bonds is 7. The lowest BCUT2D eigenvalue weighted by Gasteiger charge is -2.07. The number of nitrogens with one attached hydrogen (secondary N) is 2. The zero-order valence-electron chi connectivity index (χ0n) is 15.6. The van der Waals surface area contributed by atoms with E-state index in [2.05, 4.69) is 15.0 Å². The largest absolute Gasteiger partial charge is 0.352 e. The first-order valence-corrected chi connectivity index (χ1v) is 11.0. The molecule has 0 bridgehead atoms. The van der Waals surface area contributed by atoms with Gasteiger partial charge in [0.2, 0.25) is 15.9 Å². The van der Waals surface area contributed by atoms with E-state index >= 15 is 0 Å². The van der Waals surface area contributed by atoms with E-state index in [1.807, 2.05) is 36.6 Å². The van der Waals surface area contributed by atoms with E-state index in [-0.39, 0.29) is 23.8 Å². The molecular weight excluding hydrogens is 394 g/mol. The SMILES string of the molecule is CNS(=O)(=O)c1cccc(CNC(=O)Cc2csc(-c3ccc(C)cc3)n2)c1. The van der Waals surface area contributed by atoms with Gasteiger partial charge >= 0.3 is 0 Å². The summed E-state index contributed by atoms with van der Waals surface area (Å²) in [5.41, 5.74) is 3.64. The Morgan fingerprint density at radius 1 is 1.14 bits per heavy atom. The average molecular weight is 416 g/mol. The highest BCUT2D eigenvalue weighted by Crippen LogP contribution is 2.24. The van der Waals surface area contributed by atoms with Crippen LogP contribution in [0.15, 0.2) is 58.8 Å². The Balaban J connectivity index is 1.59. The molecule has 0 unspecified atom stereocenters. The van der Waals surface area contributed by atoms with E-state index in [4.69, 9.17) is 0 Å². The number of sulfonamides is 1. The molecule has 0 saturated heterocycles. The van der Waals surface area contributed by atoms with Crippen molar-refractivity contribution in [3.8, 4) is 10.6 Å². The van der Waals surface area contributed by atoms with Crippen LogP contribution in [-0.4, -0.2) is 26.4 Å². The molecule has 146 valence electrons. The van der Waals surface area contributed by atoms with Gasteiger partial charge in [0, 0.05) is 17.5 Å². The molecule has 0 aliphatic carbocycles. The maximum absolute atomic E-state index is 12.2. The number of aryl methyl sites for hydroxylation is 1. The van der Waals surface area contributed by atoms with Gasteiger partial charge in [-0.05, 0) is 31.7 Å². The van der Waals surface area contributed by atoms with Crippen molar-refractivity contribution in [3.05, 3.63) is 70.7 Å². The van der Waals surface area contributed by atoms with Gasteiger partial charge in [0.15, 0.2) is 0 Å². The molecule has 3 rings (SSSR count). The van der Waals surface area contributed by atoms with Crippen molar-refractivity contribution in [2.24, 2.45) is 0 Å². The number of thiazole rings is 1. The standard InChI is InChI=1S/C20H21N3O3S2/c1-14-6-8-16(9-7-14)20-23-17(13-27-20)11-19(24)22-12-15-4-3-5-18(10-15)28(25,26)21-2/h3-10,13,21H,11-12H2,1-2H3,(H,22,24). The Morgan fingerprint density at radius 3 is 2.61 bits per heavy atom. The predicted molar refractivity (Wildman–Crippen MR) is 111 cm³/mol. The van der Waals surface area contributed by atoms with Crippen molar-refractivity contribution in [2.75, 3.05) is 7.05 Å². The van der Waals surface area contributed by atoms with Crippen LogP contribution in [0, 0.1) is 6.92 Å². The van der Waals surface area contributed by atoms with Crippen molar-refractivity contribution in [1.82, 2.24) is 15.0 Å². The zero-order chi connectivity index (χ0) is 20.1. The predicted octanol–water partition coefficient (Wildman–Crippen LogP) is 2.89. The number of benzene rings is 2. The monoisotopic (exact) mass is 415 g/mol. The molecular formula is C20H21N3O3S2. The van der Waals surface area contributed by atoms with Crippen molar-refractivity contribution in [1.29, 1.82) is 0 Å². The third-order valence-electron chi connectivity index (χ3n) is 4.16. The third-order valence-corrected chi connectivity index (χ3v) is 6.51. The Labute approximate surface area is 168 Å². The van der Waals surface area contributed by atoms with Crippen LogP contribution in [0.4, 0.5) is 0 Å². The number of nitrogens with zero attached hydrogens (tertiary/aromatic N) is 1. The van der Waals surface area contributed by atoms with E-state index in [1.165, 1.54) is 30.0 Å². The maximum Gasteiger partial charge on any atom is 0.240 e. The minimum atomic E-state index is -3.51. The minimum absolute atomic E-state index is 0.164. The lowest BCUT2D eigenvalue weighted by atomic mass is 10.2. The molecule has 1 amide bonds. The molecule has 2 N–H and O–H groups in total. The molecule has 1 heterocycles. The Morgan fingerprint density at radius 2 is 1.89 bits per heavy atom. The minimum Gasteiger partial charge on any atom is -0.352 e. The molecule has 0 saturated carbocycles. The van der Waals surface area contributed by atoms with Crippen LogP contribution < -0.4 is 10.0 Å². The summed E-state index contributed by atoms with van der Waals surface area (Å²) in [7, 11) is -2.14. The Hall–Kier alpha value is -2.55. The van der Waals surface area contributed by atoms with Gasteiger partial charge in [-0.3, -0.25) is 4.79 Å². The molecule has 0 radical (unpaired) electrons. The first-order chi connectivity index (χ1) is 13.4. The summed E-state index contributed by atoms with van der Waals surface area (Å²) >= 11 is 1.51.